The standard InChI is InChI=1S/C13H24N2S/c1-12(2,3)7-10-8-14-11(16-10)15-9-13(4)5-6-13/h10H,5-9H2,1-4H3,(H,14,15). The van der Waals surface area contributed by atoms with Gasteiger partial charge in [0, 0.05) is 11.8 Å². The SMILES string of the molecule is CC(C)(C)CC1CN=C(NCC2(C)CC2)S1. The number of aliphatic imine (C=N–C) groups is 1. The number of amidine groups is 1. The molecular formula is C13H24N2S. The topological polar surface area (TPSA) is 24.4 Å². The first kappa shape index (κ1) is 12.3. The highest BCUT2D eigenvalue weighted by molar-refractivity contribution is 8.14. The zero-order chi connectivity index (χ0) is 11.8. The van der Waals surface area contributed by atoms with Crippen molar-refractivity contribution in [1.82, 2.24) is 5.32 Å². The monoisotopic (exact) mass is 240 g/mol. The lowest BCUT2D eigenvalue weighted by atomic mass is 9.90. The van der Waals surface area contributed by atoms with Gasteiger partial charge in [-0.15, -0.1) is 0 Å². The van der Waals surface area contributed by atoms with Crippen molar-refractivity contribution in [2.24, 2.45) is 15.8 Å². The number of nitrogens with one attached hydrogen (secondary N) is 1. The van der Waals surface area contributed by atoms with Gasteiger partial charge < -0.3 is 5.32 Å². The van der Waals surface area contributed by atoms with E-state index < -0.39 is 0 Å². The molecule has 1 saturated carbocycles. The van der Waals surface area contributed by atoms with Crippen molar-refractivity contribution in [3.8, 4) is 0 Å². The van der Waals surface area contributed by atoms with Gasteiger partial charge in [-0.05, 0) is 30.1 Å². The number of nitrogens with zero attached hydrogens (tertiary/aromatic N) is 1. The lowest BCUT2D eigenvalue weighted by Gasteiger charge is -2.21. The molecule has 1 N–H and O–H groups in total. The van der Waals surface area contributed by atoms with E-state index >= 15 is 0 Å². The predicted molar refractivity (Wildman–Crippen MR) is 73.1 cm³/mol. The molecule has 2 nitrogen and oxygen atoms in total. The highest BCUT2D eigenvalue weighted by Crippen LogP contribution is 2.44. The maximum Gasteiger partial charge on any atom is 0.156 e. The Kier molecular flexibility index (Phi) is 3.26. The Morgan fingerprint density at radius 3 is 2.69 bits per heavy atom. The fourth-order valence-corrected chi connectivity index (χ4v) is 3.34. The molecule has 0 spiro atoms. The highest BCUT2D eigenvalue weighted by atomic mass is 32.2. The fraction of sp³-hybridized carbons (Fsp3) is 0.923. The molecule has 0 aromatic heterocycles. The van der Waals surface area contributed by atoms with E-state index in [4.69, 9.17) is 0 Å². The number of hydrogen-bond donors (Lipinski definition) is 1. The lowest BCUT2D eigenvalue weighted by molar-refractivity contribution is 0.375. The molecule has 0 saturated heterocycles. The van der Waals surface area contributed by atoms with Crippen molar-refractivity contribution in [2.75, 3.05) is 13.1 Å². The van der Waals surface area contributed by atoms with Crippen LogP contribution in [0.3, 0.4) is 0 Å². The van der Waals surface area contributed by atoms with Crippen LogP contribution < -0.4 is 5.32 Å². The summed E-state index contributed by atoms with van der Waals surface area (Å²) in [7, 11) is 0. The van der Waals surface area contributed by atoms with Crippen LogP contribution in [0.2, 0.25) is 0 Å². The number of rotatable bonds is 3. The van der Waals surface area contributed by atoms with Gasteiger partial charge in [0.25, 0.3) is 0 Å². The molecule has 1 heterocycles. The summed E-state index contributed by atoms with van der Waals surface area (Å²) >= 11 is 1.94. The van der Waals surface area contributed by atoms with Crippen molar-refractivity contribution < 1.29 is 0 Å². The second-order valence-corrected chi connectivity index (χ2v) is 8.10. The zero-order valence-electron chi connectivity index (χ0n) is 11.0. The molecule has 1 aliphatic carbocycles. The largest absolute Gasteiger partial charge is 0.364 e. The zero-order valence-corrected chi connectivity index (χ0v) is 11.8. The molecule has 1 aliphatic heterocycles. The van der Waals surface area contributed by atoms with E-state index in [0.717, 1.165) is 13.1 Å². The first-order valence-corrected chi connectivity index (χ1v) is 7.19. The van der Waals surface area contributed by atoms with Crippen LogP contribution in [0, 0.1) is 10.8 Å². The number of hydrogen-bond acceptors (Lipinski definition) is 3. The Balaban J connectivity index is 1.70. The third-order valence-electron chi connectivity index (χ3n) is 3.33. The molecule has 0 aromatic carbocycles. The minimum atomic E-state index is 0.422. The van der Waals surface area contributed by atoms with Gasteiger partial charge in [0.1, 0.15) is 0 Å². The quantitative estimate of drug-likeness (QED) is 0.818. The van der Waals surface area contributed by atoms with E-state index in [1.165, 1.54) is 24.4 Å². The molecule has 0 aromatic rings. The van der Waals surface area contributed by atoms with E-state index in [1.807, 2.05) is 11.8 Å². The summed E-state index contributed by atoms with van der Waals surface area (Å²) in [4.78, 5) is 4.60. The summed E-state index contributed by atoms with van der Waals surface area (Å²) in [5, 5.41) is 5.38. The molecule has 0 radical (unpaired) electrons. The van der Waals surface area contributed by atoms with E-state index in [0.29, 0.717) is 16.1 Å². The summed E-state index contributed by atoms with van der Waals surface area (Å²) in [6.07, 6.45) is 4.01. The van der Waals surface area contributed by atoms with Crippen LogP contribution in [0.15, 0.2) is 4.99 Å². The van der Waals surface area contributed by atoms with Gasteiger partial charge in [0.2, 0.25) is 0 Å². The molecule has 0 amide bonds. The molecule has 1 unspecified atom stereocenters. The average molecular weight is 240 g/mol. The van der Waals surface area contributed by atoms with E-state index in [-0.39, 0.29) is 0 Å². The van der Waals surface area contributed by atoms with E-state index in [9.17, 15) is 0 Å². The Labute approximate surface area is 104 Å². The normalized spacial score (nSPS) is 27.8. The van der Waals surface area contributed by atoms with Crippen molar-refractivity contribution in [2.45, 2.75) is 52.2 Å². The van der Waals surface area contributed by atoms with Gasteiger partial charge in [-0.3, -0.25) is 4.99 Å². The van der Waals surface area contributed by atoms with Crippen LogP contribution in [0.4, 0.5) is 0 Å². The summed E-state index contributed by atoms with van der Waals surface area (Å²) in [6, 6.07) is 0. The second-order valence-electron chi connectivity index (χ2n) is 6.81. The first-order chi connectivity index (χ1) is 7.36. The predicted octanol–water partition coefficient (Wildman–Crippen LogP) is 3.28. The molecule has 3 heteroatoms. The third-order valence-corrected chi connectivity index (χ3v) is 4.47. The van der Waals surface area contributed by atoms with E-state index in [2.05, 4.69) is 38.0 Å². The van der Waals surface area contributed by atoms with Crippen LogP contribution in [0.25, 0.3) is 0 Å². The van der Waals surface area contributed by atoms with Crippen LogP contribution in [0.1, 0.15) is 47.0 Å². The third kappa shape index (κ3) is 3.69. The Hall–Kier alpha value is -0.180. The van der Waals surface area contributed by atoms with Gasteiger partial charge >= 0.3 is 0 Å². The van der Waals surface area contributed by atoms with Gasteiger partial charge in [-0.1, -0.05) is 39.5 Å². The van der Waals surface area contributed by atoms with Gasteiger partial charge in [0.15, 0.2) is 5.17 Å². The Morgan fingerprint density at radius 1 is 1.44 bits per heavy atom. The molecule has 2 rings (SSSR count). The van der Waals surface area contributed by atoms with Crippen LogP contribution in [-0.4, -0.2) is 23.5 Å². The minimum Gasteiger partial charge on any atom is -0.364 e. The maximum atomic E-state index is 4.60. The maximum absolute atomic E-state index is 4.60. The molecule has 2 aliphatic rings. The van der Waals surface area contributed by atoms with Crippen molar-refractivity contribution in [3.05, 3.63) is 0 Å². The van der Waals surface area contributed by atoms with Crippen LogP contribution >= 0.6 is 11.8 Å². The molecule has 92 valence electrons. The summed E-state index contributed by atoms with van der Waals surface area (Å²) in [6.45, 7) is 11.4. The molecule has 16 heavy (non-hydrogen) atoms. The highest BCUT2D eigenvalue weighted by Gasteiger charge is 2.37. The summed E-state index contributed by atoms with van der Waals surface area (Å²) in [5.74, 6) is 0. The second kappa shape index (κ2) is 4.25. The Bertz CT molecular complexity index is 287. The number of thioether (sulfide) groups is 1. The summed E-state index contributed by atoms with van der Waals surface area (Å²) < 4.78 is 0. The van der Waals surface area contributed by atoms with Gasteiger partial charge in [-0.25, -0.2) is 0 Å². The van der Waals surface area contributed by atoms with Crippen LogP contribution in [-0.2, 0) is 0 Å². The smallest absolute Gasteiger partial charge is 0.156 e. The fourth-order valence-electron chi connectivity index (χ4n) is 1.98. The Morgan fingerprint density at radius 2 is 2.12 bits per heavy atom. The minimum absolute atomic E-state index is 0.422. The van der Waals surface area contributed by atoms with Crippen LogP contribution in [0.5, 0.6) is 0 Å². The van der Waals surface area contributed by atoms with Crippen molar-refractivity contribution in [3.63, 3.8) is 0 Å². The van der Waals surface area contributed by atoms with Gasteiger partial charge in [-0.2, -0.15) is 0 Å². The van der Waals surface area contributed by atoms with E-state index in [1.54, 1.807) is 0 Å². The molecular weight excluding hydrogens is 216 g/mol. The van der Waals surface area contributed by atoms with Gasteiger partial charge in [0.05, 0.1) is 6.54 Å². The first-order valence-electron chi connectivity index (χ1n) is 6.31. The molecule has 1 fully saturated rings. The molecule has 0 bridgehead atoms. The van der Waals surface area contributed by atoms with Crippen molar-refractivity contribution in [1.29, 1.82) is 0 Å². The molecule has 1 atom stereocenters. The van der Waals surface area contributed by atoms with Crippen molar-refractivity contribution >= 4 is 16.9 Å². The lowest BCUT2D eigenvalue weighted by Crippen LogP contribution is -2.26. The average Bonchev–Trinajstić information content (AvgIpc) is 2.72. The summed E-state index contributed by atoms with van der Waals surface area (Å²) in [5.41, 5.74) is 0.996.